The van der Waals surface area contributed by atoms with Crippen LogP contribution in [0.3, 0.4) is 0 Å². The Morgan fingerprint density at radius 2 is 1.74 bits per heavy atom. The normalized spacial score (nSPS) is 12.7. The van der Waals surface area contributed by atoms with Gasteiger partial charge in [-0.05, 0) is 44.0 Å². The van der Waals surface area contributed by atoms with Gasteiger partial charge in [0.1, 0.15) is 10.6 Å². The van der Waals surface area contributed by atoms with Crippen molar-refractivity contribution in [2.24, 2.45) is 0 Å². The number of rotatable bonds is 10. The first-order valence-electron chi connectivity index (χ1n) is 8.89. The summed E-state index contributed by atoms with van der Waals surface area (Å²) in [7, 11) is -3.79. The smallest absolute Gasteiger partial charge is 0.244 e. The van der Waals surface area contributed by atoms with Crippen LogP contribution in [0.2, 0.25) is 0 Å². The number of benzene rings is 2. The van der Waals surface area contributed by atoms with Crippen molar-refractivity contribution in [3.63, 3.8) is 0 Å². The van der Waals surface area contributed by atoms with Gasteiger partial charge in [-0.2, -0.15) is 0 Å². The summed E-state index contributed by atoms with van der Waals surface area (Å²) in [5.74, 6) is 0.318. The minimum atomic E-state index is -3.79. The highest BCUT2D eigenvalue weighted by atomic mass is 32.2. The van der Waals surface area contributed by atoms with Crippen LogP contribution in [-0.4, -0.2) is 39.9 Å². The predicted molar refractivity (Wildman–Crippen MR) is 104 cm³/mol. The zero-order valence-electron chi connectivity index (χ0n) is 15.9. The lowest BCUT2D eigenvalue weighted by atomic mass is 10.1. The zero-order valence-corrected chi connectivity index (χ0v) is 16.8. The summed E-state index contributed by atoms with van der Waals surface area (Å²) in [6, 6.07) is 12.7. The second kappa shape index (κ2) is 9.85. The molecule has 2 rings (SSSR count). The Morgan fingerprint density at radius 1 is 1.07 bits per heavy atom. The van der Waals surface area contributed by atoms with Gasteiger partial charge in [-0.15, -0.1) is 0 Å². The van der Waals surface area contributed by atoms with Crippen LogP contribution in [-0.2, 0) is 14.8 Å². The molecule has 0 spiro atoms. The van der Waals surface area contributed by atoms with E-state index in [2.05, 4.69) is 4.72 Å². The summed E-state index contributed by atoms with van der Waals surface area (Å²) in [6.45, 7) is 6.01. The number of nitrogens with one attached hydrogen (secondary N) is 1. The van der Waals surface area contributed by atoms with Crippen LogP contribution in [0.1, 0.15) is 29.7 Å². The van der Waals surface area contributed by atoms with E-state index in [0.717, 1.165) is 16.7 Å². The molecule has 0 bridgehead atoms. The van der Waals surface area contributed by atoms with Gasteiger partial charge in [0.05, 0.1) is 25.9 Å². The van der Waals surface area contributed by atoms with Gasteiger partial charge in [-0.3, -0.25) is 0 Å². The number of aliphatic hydroxyl groups excluding tert-OH is 1. The fourth-order valence-electron chi connectivity index (χ4n) is 2.61. The SMILES string of the molecule is CCOc1ccc(C)cc1S(=O)(=O)NCC(OCCO)c1ccc(C)cc1. The maximum Gasteiger partial charge on any atom is 0.244 e. The molecule has 0 aliphatic heterocycles. The summed E-state index contributed by atoms with van der Waals surface area (Å²) in [5.41, 5.74) is 2.76. The van der Waals surface area contributed by atoms with Gasteiger partial charge in [-0.1, -0.05) is 35.9 Å². The highest BCUT2D eigenvalue weighted by molar-refractivity contribution is 7.89. The lowest BCUT2D eigenvalue weighted by Gasteiger charge is -2.20. The molecule has 0 saturated heterocycles. The number of aliphatic hydroxyl groups is 1. The number of hydrogen-bond acceptors (Lipinski definition) is 5. The summed E-state index contributed by atoms with van der Waals surface area (Å²) in [4.78, 5) is 0.106. The minimum absolute atomic E-state index is 0.0465. The van der Waals surface area contributed by atoms with Gasteiger partial charge in [0, 0.05) is 6.54 Å². The summed E-state index contributed by atoms with van der Waals surface area (Å²) < 4.78 is 39.4. The lowest BCUT2D eigenvalue weighted by Crippen LogP contribution is -2.30. The molecule has 0 heterocycles. The van der Waals surface area contributed by atoms with Crippen LogP contribution in [0, 0.1) is 13.8 Å². The Bertz CT molecular complexity index is 834. The third-order valence-corrected chi connectivity index (χ3v) is 5.45. The average molecular weight is 394 g/mol. The van der Waals surface area contributed by atoms with Gasteiger partial charge in [0.15, 0.2) is 0 Å². The second-order valence-corrected chi connectivity index (χ2v) is 7.96. The van der Waals surface area contributed by atoms with Crippen molar-refractivity contribution >= 4 is 10.0 Å². The highest BCUT2D eigenvalue weighted by Crippen LogP contribution is 2.26. The summed E-state index contributed by atoms with van der Waals surface area (Å²) >= 11 is 0. The van der Waals surface area contributed by atoms with Gasteiger partial charge >= 0.3 is 0 Å². The van der Waals surface area contributed by atoms with E-state index in [-0.39, 0.29) is 24.7 Å². The maximum absolute atomic E-state index is 12.8. The van der Waals surface area contributed by atoms with E-state index < -0.39 is 16.1 Å². The average Bonchev–Trinajstić information content (AvgIpc) is 2.64. The number of hydrogen-bond donors (Lipinski definition) is 2. The molecule has 0 aliphatic carbocycles. The van der Waals surface area contributed by atoms with Gasteiger partial charge in [0.2, 0.25) is 10.0 Å². The fraction of sp³-hybridized carbons (Fsp3) is 0.400. The van der Waals surface area contributed by atoms with E-state index in [1.165, 1.54) is 0 Å². The molecule has 7 heteroatoms. The monoisotopic (exact) mass is 393 g/mol. The molecule has 2 aromatic rings. The molecule has 6 nitrogen and oxygen atoms in total. The first-order valence-corrected chi connectivity index (χ1v) is 10.4. The van der Waals surface area contributed by atoms with E-state index in [9.17, 15) is 8.42 Å². The topological polar surface area (TPSA) is 84.9 Å². The van der Waals surface area contributed by atoms with Crippen molar-refractivity contribution in [2.75, 3.05) is 26.4 Å². The molecule has 0 fully saturated rings. The van der Waals surface area contributed by atoms with Crippen molar-refractivity contribution < 1.29 is 23.0 Å². The minimum Gasteiger partial charge on any atom is -0.492 e. The van der Waals surface area contributed by atoms with Crippen molar-refractivity contribution in [1.29, 1.82) is 0 Å². The van der Waals surface area contributed by atoms with Gasteiger partial charge in [0.25, 0.3) is 0 Å². The van der Waals surface area contributed by atoms with Crippen LogP contribution in [0.15, 0.2) is 47.4 Å². The third-order valence-electron chi connectivity index (χ3n) is 4.01. The Labute approximate surface area is 161 Å². The van der Waals surface area contributed by atoms with Gasteiger partial charge < -0.3 is 14.6 Å². The third kappa shape index (κ3) is 6.04. The van der Waals surface area contributed by atoms with Crippen LogP contribution in [0.25, 0.3) is 0 Å². The van der Waals surface area contributed by atoms with E-state index in [1.54, 1.807) is 19.1 Å². The molecule has 148 valence electrons. The van der Waals surface area contributed by atoms with E-state index in [1.807, 2.05) is 44.2 Å². The molecule has 1 unspecified atom stereocenters. The second-order valence-electron chi connectivity index (χ2n) is 6.23. The van der Waals surface area contributed by atoms with E-state index in [0.29, 0.717) is 12.4 Å². The molecule has 0 aliphatic rings. The van der Waals surface area contributed by atoms with Crippen LogP contribution in [0.5, 0.6) is 5.75 Å². The first-order chi connectivity index (χ1) is 12.9. The van der Waals surface area contributed by atoms with Crippen LogP contribution >= 0.6 is 0 Å². The zero-order chi connectivity index (χ0) is 19.9. The van der Waals surface area contributed by atoms with Crippen molar-refractivity contribution in [1.82, 2.24) is 4.72 Å². The van der Waals surface area contributed by atoms with Crippen molar-refractivity contribution in [3.8, 4) is 5.75 Å². The van der Waals surface area contributed by atoms with Crippen LogP contribution in [0.4, 0.5) is 0 Å². The fourth-order valence-corrected chi connectivity index (χ4v) is 3.87. The van der Waals surface area contributed by atoms with Crippen molar-refractivity contribution in [2.45, 2.75) is 31.8 Å². The Morgan fingerprint density at radius 3 is 2.37 bits per heavy atom. The standard InChI is InChI=1S/C20H27NO5S/c1-4-25-18-10-7-16(3)13-20(18)27(23,24)21-14-19(26-12-11-22)17-8-5-15(2)6-9-17/h5-10,13,19,21-22H,4,11-12,14H2,1-3H3. The molecule has 0 amide bonds. The molecule has 27 heavy (non-hydrogen) atoms. The van der Waals surface area contributed by atoms with E-state index >= 15 is 0 Å². The van der Waals surface area contributed by atoms with E-state index in [4.69, 9.17) is 14.6 Å². The van der Waals surface area contributed by atoms with Crippen LogP contribution < -0.4 is 9.46 Å². The number of aryl methyl sites for hydroxylation is 2. The summed E-state index contributed by atoms with van der Waals surface area (Å²) in [5, 5.41) is 9.06. The molecular formula is C20H27NO5S. The Kier molecular flexibility index (Phi) is 7.79. The van der Waals surface area contributed by atoms with Crippen molar-refractivity contribution in [3.05, 3.63) is 59.2 Å². The molecule has 0 saturated carbocycles. The molecule has 0 radical (unpaired) electrons. The number of ether oxygens (including phenoxy) is 2. The Balaban J connectivity index is 2.22. The number of sulfonamides is 1. The molecular weight excluding hydrogens is 366 g/mol. The Hall–Kier alpha value is -1.93. The predicted octanol–water partition coefficient (Wildman–Crippen LogP) is 2.73. The quantitative estimate of drug-likeness (QED) is 0.648. The molecule has 1 atom stereocenters. The van der Waals surface area contributed by atoms with Gasteiger partial charge in [-0.25, -0.2) is 13.1 Å². The largest absolute Gasteiger partial charge is 0.492 e. The highest BCUT2D eigenvalue weighted by Gasteiger charge is 2.22. The first kappa shape index (κ1) is 21.4. The maximum atomic E-state index is 12.8. The molecule has 2 N–H and O–H groups in total. The summed E-state index contributed by atoms with van der Waals surface area (Å²) in [6.07, 6.45) is -0.507. The molecule has 2 aromatic carbocycles. The lowest BCUT2D eigenvalue weighted by molar-refractivity contribution is 0.0309. The molecule has 0 aromatic heterocycles.